The molecule has 0 spiro atoms. The van der Waals surface area contributed by atoms with E-state index in [1.54, 1.807) is 13.0 Å². The van der Waals surface area contributed by atoms with Crippen molar-refractivity contribution < 1.29 is 27.4 Å². The summed E-state index contributed by atoms with van der Waals surface area (Å²) in [7, 11) is 0. The molecule has 0 aliphatic carbocycles. The van der Waals surface area contributed by atoms with Crippen LogP contribution in [0.3, 0.4) is 0 Å². The van der Waals surface area contributed by atoms with Crippen LogP contribution < -0.4 is 15.0 Å². The number of nitrogens with one attached hydrogen (secondary N) is 1. The highest BCUT2D eigenvalue weighted by Gasteiger charge is 2.35. The predicted molar refractivity (Wildman–Crippen MR) is 130 cm³/mol. The molecular formula is C23H26F3N7O3. The molecule has 0 aromatic carbocycles. The maximum absolute atomic E-state index is 13.0. The van der Waals surface area contributed by atoms with Crippen LogP contribution in [0.1, 0.15) is 19.5 Å². The van der Waals surface area contributed by atoms with E-state index in [1.807, 2.05) is 13.0 Å². The zero-order valence-electron chi connectivity index (χ0n) is 20.1. The first-order chi connectivity index (χ1) is 17.1. The van der Waals surface area contributed by atoms with Crippen LogP contribution in [0.25, 0.3) is 11.3 Å². The Hall–Kier alpha value is -3.87. The summed E-state index contributed by atoms with van der Waals surface area (Å²) in [5.74, 6) is -0.366. The summed E-state index contributed by atoms with van der Waals surface area (Å²) < 4.78 is 50.2. The van der Waals surface area contributed by atoms with Crippen molar-refractivity contribution in [3.05, 3.63) is 35.7 Å². The van der Waals surface area contributed by atoms with Crippen LogP contribution in [-0.2, 0) is 9.53 Å². The van der Waals surface area contributed by atoms with Crippen LogP contribution in [0.4, 0.5) is 24.5 Å². The van der Waals surface area contributed by atoms with Gasteiger partial charge in [0.25, 0.3) is 11.8 Å². The molecule has 0 atom stereocenters. The number of carbonyl (C=O) groups is 1. The highest BCUT2D eigenvalue weighted by molar-refractivity contribution is 6.10. The van der Waals surface area contributed by atoms with Crippen LogP contribution in [0, 0.1) is 6.92 Å². The number of hydrogen-bond acceptors (Lipinski definition) is 9. The number of anilines is 2. The van der Waals surface area contributed by atoms with E-state index in [0.717, 1.165) is 5.69 Å². The number of morpholine rings is 1. The summed E-state index contributed by atoms with van der Waals surface area (Å²) in [6, 6.07) is 3.46. The quantitative estimate of drug-likeness (QED) is 0.331. The molecule has 2 aromatic heterocycles. The Kier molecular flexibility index (Phi) is 8.69. The van der Waals surface area contributed by atoms with Crippen molar-refractivity contribution in [3.63, 3.8) is 0 Å². The van der Waals surface area contributed by atoms with Crippen LogP contribution in [0.5, 0.6) is 5.88 Å². The number of alkyl halides is 3. The highest BCUT2D eigenvalue weighted by Crippen LogP contribution is 2.32. The van der Waals surface area contributed by atoms with Crippen molar-refractivity contribution in [2.45, 2.75) is 26.9 Å². The molecule has 1 saturated heterocycles. The smallest absolute Gasteiger partial charge is 0.435 e. The zero-order valence-corrected chi connectivity index (χ0v) is 20.1. The van der Waals surface area contributed by atoms with Gasteiger partial charge in [-0.3, -0.25) is 9.78 Å². The lowest BCUT2D eigenvalue weighted by molar-refractivity contribution is -0.112. The topological polar surface area (TPSA) is 114 Å². The monoisotopic (exact) mass is 505 g/mol. The fourth-order valence-electron chi connectivity index (χ4n) is 3.38. The Bertz CT molecular complexity index is 1180. The van der Waals surface area contributed by atoms with Gasteiger partial charge in [0.1, 0.15) is 5.69 Å². The van der Waals surface area contributed by atoms with Crippen molar-refractivity contribution in [1.82, 2.24) is 15.2 Å². The fourth-order valence-corrected chi connectivity index (χ4v) is 3.38. The second-order valence-electron chi connectivity index (χ2n) is 7.72. The molecule has 1 fully saturated rings. The molecule has 1 aliphatic heterocycles. The minimum absolute atomic E-state index is 0.229. The summed E-state index contributed by atoms with van der Waals surface area (Å²) >= 11 is 0. The average Bonchev–Trinajstić information content (AvgIpc) is 2.85. The minimum atomic E-state index is -4.79. The summed E-state index contributed by atoms with van der Waals surface area (Å²) in [6.45, 7) is 10.7. The molecule has 192 valence electrons. The van der Waals surface area contributed by atoms with Gasteiger partial charge in [-0.2, -0.15) is 18.3 Å². The maximum atomic E-state index is 13.0. The molecule has 1 amide bonds. The molecule has 0 radical (unpaired) electrons. The first-order valence-corrected chi connectivity index (χ1v) is 11.0. The number of halogens is 3. The van der Waals surface area contributed by atoms with Crippen LogP contribution >= 0.6 is 0 Å². The number of rotatable bonds is 8. The van der Waals surface area contributed by atoms with E-state index in [4.69, 9.17) is 9.47 Å². The van der Waals surface area contributed by atoms with E-state index in [2.05, 4.69) is 42.3 Å². The molecule has 13 heteroatoms. The fraction of sp³-hybridized carbons (Fsp3) is 0.391. The van der Waals surface area contributed by atoms with Gasteiger partial charge in [0.2, 0.25) is 0 Å². The zero-order chi connectivity index (χ0) is 26.3. The number of aromatic nitrogens is 3. The van der Waals surface area contributed by atoms with Gasteiger partial charge in [-0.15, -0.1) is 15.3 Å². The molecule has 0 unspecified atom stereocenters. The van der Waals surface area contributed by atoms with Crippen molar-refractivity contribution >= 4 is 29.7 Å². The van der Waals surface area contributed by atoms with Gasteiger partial charge >= 0.3 is 6.18 Å². The van der Waals surface area contributed by atoms with E-state index < -0.39 is 17.8 Å². The molecule has 36 heavy (non-hydrogen) atoms. The number of nitrogens with zero attached hydrogens (tertiary/aromatic N) is 6. The average molecular weight is 506 g/mol. The van der Waals surface area contributed by atoms with E-state index in [0.29, 0.717) is 61.8 Å². The van der Waals surface area contributed by atoms with Gasteiger partial charge in [0.15, 0.2) is 5.71 Å². The first kappa shape index (κ1) is 26.7. The minimum Gasteiger partial charge on any atom is -0.475 e. The molecular weight excluding hydrogens is 479 g/mol. The molecule has 2 aromatic rings. The second-order valence-corrected chi connectivity index (χ2v) is 7.72. The Labute approximate surface area is 205 Å². The third kappa shape index (κ3) is 6.62. The maximum Gasteiger partial charge on any atom is 0.435 e. The molecule has 10 nitrogen and oxygen atoms in total. The third-order valence-corrected chi connectivity index (χ3v) is 5.17. The Balaban J connectivity index is 1.90. The summed E-state index contributed by atoms with van der Waals surface area (Å²) in [5, 5.41) is 16.9. The van der Waals surface area contributed by atoms with Crippen molar-refractivity contribution in [2.75, 3.05) is 43.1 Å². The van der Waals surface area contributed by atoms with Gasteiger partial charge in [0.05, 0.1) is 37.4 Å². The number of amides is 1. The Morgan fingerprint density at radius 1 is 1.31 bits per heavy atom. The van der Waals surface area contributed by atoms with Gasteiger partial charge in [0, 0.05) is 36.6 Å². The molecule has 3 rings (SSSR count). The summed E-state index contributed by atoms with van der Waals surface area (Å²) in [6.07, 6.45) is -2.79. The molecule has 1 aliphatic rings. The van der Waals surface area contributed by atoms with E-state index in [9.17, 15) is 18.0 Å². The molecule has 0 saturated carbocycles. The SMILES string of the molecule is C=N/N=C(\C=C(/C)C(=O)Nc1cnc(C)c(-c2cc(N3CCOCC3)c(OCC)nn2)c1)C(F)(F)F. The molecule has 0 bridgehead atoms. The molecule has 3 heterocycles. The van der Waals surface area contributed by atoms with E-state index in [1.165, 1.54) is 13.1 Å². The standard InChI is InChI=1S/C23H26F3N7O3/c1-5-36-22-19(33-6-8-35-9-7-33)12-18(30-32-22)17-11-16(13-28-15(17)3)29-21(34)14(2)10-20(31-27-4)23(24,25)26/h10-13H,4-9H2,1-3H3,(H,29,34)/b14-10+,31-20+. The lowest BCUT2D eigenvalue weighted by Gasteiger charge is -2.29. The number of carbonyl (C=O) groups excluding carboxylic acids is 1. The summed E-state index contributed by atoms with van der Waals surface area (Å²) in [4.78, 5) is 18.9. The third-order valence-electron chi connectivity index (χ3n) is 5.17. The largest absolute Gasteiger partial charge is 0.475 e. The molecule has 1 N–H and O–H groups in total. The van der Waals surface area contributed by atoms with Gasteiger partial charge < -0.3 is 19.7 Å². The van der Waals surface area contributed by atoms with Gasteiger partial charge in [-0.1, -0.05) is 0 Å². The van der Waals surface area contributed by atoms with Gasteiger partial charge in [-0.05, 0) is 39.0 Å². The lowest BCUT2D eigenvalue weighted by Crippen LogP contribution is -2.36. The van der Waals surface area contributed by atoms with Crippen molar-refractivity contribution in [3.8, 4) is 17.1 Å². The van der Waals surface area contributed by atoms with Crippen LogP contribution in [-0.4, -0.2) is 72.6 Å². The number of pyridine rings is 1. The first-order valence-electron chi connectivity index (χ1n) is 11.0. The highest BCUT2D eigenvalue weighted by atomic mass is 19.4. The second kappa shape index (κ2) is 11.7. The van der Waals surface area contributed by atoms with Crippen molar-refractivity contribution in [1.29, 1.82) is 0 Å². The van der Waals surface area contributed by atoms with E-state index in [-0.39, 0.29) is 11.3 Å². The number of allylic oxidation sites excluding steroid dienone is 1. The number of hydrogen-bond donors (Lipinski definition) is 1. The number of ether oxygens (including phenoxy) is 2. The van der Waals surface area contributed by atoms with E-state index >= 15 is 0 Å². The summed E-state index contributed by atoms with van der Waals surface area (Å²) in [5.41, 5.74) is 1.16. The Morgan fingerprint density at radius 3 is 2.67 bits per heavy atom. The van der Waals surface area contributed by atoms with Crippen LogP contribution in [0.15, 0.2) is 40.2 Å². The Morgan fingerprint density at radius 2 is 2.03 bits per heavy atom. The normalized spacial score (nSPS) is 15.0. The van der Waals surface area contributed by atoms with Gasteiger partial charge in [-0.25, -0.2) is 0 Å². The number of aryl methyl sites for hydroxylation is 1. The van der Waals surface area contributed by atoms with Crippen LogP contribution in [0.2, 0.25) is 0 Å². The predicted octanol–water partition coefficient (Wildman–Crippen LogP) is 3.59. The lowest BCUT2D eigenvalue weighted by atomic mass is 10.1. The van der Waals surface area contributed by atoms with Crippen molar-refractivity contribution in [2.24, 2.45) is 10.2 Å².